The van der Waals surface area contributed by atoms with Crippen molar-refractivity contribution in [2.45, 2.75) is 17.9 Å². The number of esters is 1. The van der Waals surface area contributed by atoms with E-state index < -0.39 is 16.0 Å². The Hall–Kier alpha value is -2.16. The van der Waals surface area contributed by atoms with Crippen molar-refractivity contribution in [1.82, 2.24) is 4.31 Å². The van der Waals surface area contributed by atoms with E-state index in [1.54, 1.807) is 0 Å². The van der Waals surface area contributed by atoms with Gasteiger partial charge in [-0.15, -0.1) is 0 Å². The number of carbonyl (C=O) groups is 1. The van der Waals surface area contributed by atoms with Gasteiger partial charge in [0.1, 0.15) is 11.3 Å². The number of methoxy groups -OCH3 is 1. The van der Waals surface area contributed by atoms with E-state index in [-0.39, 0.29) is 28.3 Å². The number of benzene rings is 1. The van der Waals surface area contributed by atoms with Crippen LogP contribution < -0.4 is 5.73 Å². The molecule has 8 heteroatoms. The molecule has 0 spiro atoms. The molecule has 0 bridgehead atoms. The largest absolute Gasteiger partial charge is 0.465 e. The van der Waals surface area contributed by atoms with Crippen LogP contribution in [0.5, 0.6) is 0 Å². The van der Waals surface area contributed by atoms with E-state index in [0.29, 0.717) is 19.6 Å². The van der Waals surface area contributed by atoms with Crippen LogP contribution in [0.4, 0.5) is 0 Å². The molecule has 0 saturated carbocycles. The van der Waals surface area contributed by atoms with E-state index in [1.165, 1.54) is 24.4 Å². The van der Waals surface area contributed by atoms with Crippen LogP contribution in [0, 0.1) is 12.8 Å². The van der Waals surface area contributed by atoms with E-state index in [2.05, 4.69) is 4.74 Å². The molecule has 1 aromatic heterocycles. The van der Waals surface area contributed by atoms with E-state index in [1.807, 2.05) is 30.3 Å². The van der Waals surface area contributed by atoms with Gasteiger partial charge in [0.15, 0.2) is 0 Å². The summed E-state index contributed by atoms with van der Waals surface area (Å²) in [5.74, 6) is -0.379. The number of ether oxygens (including phenoxy) is 1. The minimum atomic E-state index is -3.86. The van der Waals surface area contributed by atoms with Crippen molar-refractivity contribution in [3.63, 3.8) is 0 Å². The predicted octanol–water partition coefficient (Wildman–Crippen LogP) is 1.74. The SMILES string of the molecule is COC(=O)c1cc(S(=O)(=O)N2C[C@@H](CN)[C@H](c3ccccc3)C2)oc1C. The zero-order chi connectivity index (χ0) is 18.9. The number of hydrogen-bond donors (Lipinski definition) is 1. The molecule has 3 rings (SSSR count). The van der Waals surface area contributed by atoms with Crippen molar-refractivity contribution in [3.05, 3.63) is 53.3 Å². The molecule has 1 saturated heterocycles. The monoisotopic (exact) mass is 378 g/mol. The predicted molar refractivity (Wildman–Crippen MR) is 95.3 cm³/mol. The fourth-order valence-electron chi connectivity index (χ4n) is 3.37. The van der Waals surface area contributed by atoms with E-state index in [9.17, 15) is 13.2 Å². The van der Waals surface area contributed by atoms with Crippen molar-refractivity contribution < 1.29 is 22.4 Å². The number of nitrogens with two attached hydrogens (primary N) is 1. The topological polar surface area (TPSA) is 103 Å². The summed E-state index contributed by atoms with van der Waals surface area (Å²) in [5, 5.41) is -0.250. The number of furan rings is 1. The standard InChI is InChI=1S/C18H22N2O5S/c1-12-15(18(21)24-2)8-17(25-12)26(22,23)20-10-14(9-19)16(11-20)13-6-4-3-5-7-13/h3-8,14,16H,9-11,19H2,1-2H3/t14-,16+/m1/s1. The van der Waals surface area contributed by atoms with Crippen molar-refractivity contribution >= 4 is 16.0 Å². The maximum Gasteiger partial charge on any atom is 0.341 e. The van der Waals surface area contributed by atoms with Crippen LogP contribution in [-0.2, 0) is 14.8 Å². The van der Waals surface area contributed by atoms with Crippen LogP contribution >= 0.6 is 0 Å². The Balaban J connectivity index is 1.90. The number of nitrogens with zero attached hydrogens (tertiary/aromatic N) is 1. The molecular formula is C18H22N2O5S. The Morgan fingerprint density at radius 3 is 2.62 bits per heavy atom. The maximum atomic E-state index is 13.0. The fraction of sp³-hybridized carbons (Fsp3) is 0.389. The van der Waals surface area contributed by atoms with Gasteiger partial charge in [0, 0.05) is 25.1 Å². The lowest BCUT2D eigenvalue weighted by molar-refractivity contribution is 0.0598. The molecule has 0 radical (unpaired) electrons. The first-order chi connectivity index (χ1) is 12.4. The lowest BCUT2D eigenvalue weighted by Crippen LogP contribution is -2.29. The van der Waals surface area contributed by atoms with Gasteiger partial charge >= 0.3 is 5.97 Å². The summed E-state index contributed by atoms with van der Waals surface area (Å²) in [4.78, 5) is 11.7. The molecule has 1 aliphatic heterocycles. The van der Waals surface area contributed by atoms with Gasteiger partial charge in [-0.1, -0.05) is 30.3 Å². The Labute approximate surface area is 152 Å². The summed E-state index contributed by atoms with van der Waals surface area (Å²) >= 11 is 0. The van der Waals surface area contributed by atoms with Crippen molar-refractivity contribution in [2.75, 3.05) is 26.7 Å². The van der Waals surface area contributed by atoms with Crippen LogP contribution in [0.2, 0.25) is 0 Å². The van der Waals surface area contributed by atoms with Crippen LogP contribution in [-0.4, -0.2) is 45.4 Å². The average molecular weight is 378 g/mol. The van der Waals surface area contributed by atoms with E-state index in [0.717, 1.165) is 5.56 Å². The number of carbonyl (C=O) groups excluding carboxylic acids is 1. The number of hydrogen-bond acceptors (Lipinski definition) is 6. The highest BCUT2D eigenvalue weighted by Crippen LogP contribution is 2.35. The molecule has 0 aliphatic carbocycles. The molecule has 0 unspecified atom stereocenters. The number of sulfonamides is 1. The van der Waals surface area contributed by atoms with Gasteiger partial charge < -0.3 is 14.9 Å². The summed E-state index contributed by atoms with van der Waals surface area (Å²) in [7, 11) is -2.63. The Kier molecular flexibility index (Phi) is 5.17. The Morgan fingerprint density at radius 1 is 1.31 bits per heavy atom. The highest BCUT2D eigenvalue weighted by molar-refractivity contribution is 7.89. The van der Waals surface area contributed by atoms with Gasteiger partial charge in [-0.2, -0.15) is 4.31 Å². The first kappa shape index (κ1) is 18.6. The summed E-state index contributed by atoms with van der Waals surface area (Å²) in [6.45, 7) is 2.55. The summed E-state index contributed by atoms with van der Waals surface area (Å²) in [6.07, 6.45) is 0. The lowest BCUT2D eigenvalue weighted by atomic mass is 9.89. The molecule has 2 N–H and O–H groups in total. The van der Waals surface area contributed by atoms with Gasteiger partial charge in [0.2, 0.25) is 5.09 Å². The zero-order valence-corrected chi connectivity index (χ0v) is 15.5. The lowest BCUT2D eigenvalue weighted by Gasteiger charge is -2.16. The first-order valence-electron chi connectivity index (χ1n) is 8.32. The molecule has 140 valence electrons. The molecule has 2 heterocycles. The van der Waals surface area contributed by atoms with Crippen LogP contribution in [0.1, 0.15) is 27.6 Å². The summed E-state index contributed by atoms with van der Waals surface area (Å²) in [5.41, 5.74) is 7.06. The smallest absolute Gasteiger partial charge is 0.341 e. The molecule has 1 aliphatic rings. The zero-order valence-electron chi connectivity index (χ0n) is 14.7. The molecule has 2 aromatic rings. The molecule has 1 aromatic carbocycles. The molecule has 7 nitrogen and oxygen atoms in total. The number of aryl methyl sites for hydroxylation is 1. The normalized spacial score (nSPS) is 21.0. The summed E-state index contributed by atoms with van der Waals surface area (Å²) in [6, 6.07) is 11.0. The highest BCUT2D eigenvalue weighted by atomic mass is 32.2. The van der Waals surface area contributed by atoms with E-state index >= 15 is 0 Å². The quantitative estimate of drug-likeness (QED) is 0.795. The van der Waals surface area contributed by atoms with Crippen molar-refractivity contribution in [1.29, 1.82) is 0 Å². The molecule has 2 atom stereocenters. The molecule has 0 amide bonds. The summed E-state index contributed by atoms with van der Waals surface area (Å²) < 4.78 is 37.4. The molecule has 1 fully saturated rings. The van der Waals surface area contributed by atoms with Crippen LogP contribution in [0.25, 0.3) is 0 Å². The number of rotatable bonds is 5. The Morgan fingerprint density at radius 2 is 2.00 bits per heavy atom. The van der Waals surface area contributed by atoms with Gasteiger partial charge in [0.05, 0.1) is 7.11 Å². The maximum absolute atomic E-state index is 13.0. The van der Waals surface area contributed by atoms with Crippen LogP contribution in [0.3, 0.4) is 0 Å². The van der Waals surface area contributed by atoms with Gasteiger partial charge in [-0.3, -0.25) is 0 Å². The third kappa shape index (κ3) is 3.27. The van der Waals surface area contributed by atoms with E-state index in [4.69, 9.17) is 10.2 Å². The fourth-order valence-corrected chi connectivity index (χ4v) is 4.86. The average Bonchev–Trinajstić information content (AvgIpc) is 3.26. The minimum absolute atomic E-state index is 0.0170. The van der Waals surface area contributed by atoms with Gasteiger partial charge in [-0.05, 0) is 24.9 Å². The third-order valence-corrected chi connectivity index (χ3v) is 6.52. The minimum Gasteiger partial charge on any atom is -0.465 e. The second-order valence-electron chi connectivity index (χ2n) is 6.36. The Bertz CT molecular complexity index is 892. The van der Waals surface area contributed by atoms with Crippen LogP contribution in [0.15, 0.2) is 45.9 Å². The van der Waals surface area contributed by atoms with Crippen molar-refractivity contribution in [2.24, 2.45) is 11.7 Å². The highest BCUT2D eigenvalue weighted by Gasteiger charge is 2.41. The third-order valence-electron chi connectivity index (χ3n) is 4.83. The van der Waals surface area contributed by atoms with Gasteiger partial charge in [-0.25, -0.2) is 13.2 Å². The first-order valence-corrected chi connectivity index (χ1v) is 9.76. The second kappa shape index (κ2) is 7.22. The van der Waals surface area contributed by atoms with Crippen molar-refractivity contribution in [3.8, 4) is 0 Å². The second-order valence-corrected chi connectivity index (χ2v) is 8.23. The molecule has 26 heavy (non-hydrogen) atoms. The van der Waals surface area contributed by atoms with Gasteiger partial charge in [0.25, 0.3) is 10.0 Å². The molecular weight excluding hydrogens is 356 g/mol.